The van der Waals surface area contributed by atoms with Gasteiger partial charge in [-0.3, -0.25) is 0 Å². The van der Waals surface area contributed by atoms with Gasteiger partial charge < -0.3 is 15.2 Å². The molecule has 3 N–H and O–H groups in total. The zero-order chi connectivity index (χ0) is 7.84. The highest BCUT2D eigenvalue weighted by molar-refractivity contribution is 7.15. The molecule has 0 aliphatic carbocycles. The lowest BCUT2D eigenvalue weighted by Gasteiger charge is -2.14. The summed E-state index contributed by atoms with van der Waals surface area (Å²) in [5, 5.41) is 0.970. The minimum atomic E-state index is 0.645. The fourth-order valence-electron chi connectivity index (χ4n) is 1.16. The third kappa shape index (κ3) is 0.985. The Labute approximate surface area is 68.7 Å². The molecule has 1 aliphatic rings. The average molecular weight is 172 g/mol. The molecule has 11 heavy (non-hydrogen) atoms. The van der Waals surface area contributed by atoms with Gasteiger partial charge in [0.25, 0.3) is 0 Å². The SMILES string of the molecule is Cc1sc([NH3+])c2c1OCCO2. The van der Waals surface area contributed by atoms with Crippen LogP contribution in [0.2, 0.25) is 0 Å². The van der Waals surface area contributed by atoms with Gasteiger partial charge in [-0.25, -0.2) is 0 Å². The molecule has 1 aliphatic heterocycles. The molecule has 1 aromatic heterocycles. The smallest absolute Gasteiger partial charge is 0.235 e. The lowest BCUT2D eigenvalue weighted by Crippen LogP contribution is -2.39. The van der Waals surface area contributed by atoms with E-state index in [1.165, 1.54) is 0 Å². The summed E-state index contributed by atoms with van der Waals surface area (Å²) in [7, 11) is 0. The van der Waals surface area contributed by atoms with E-state index in [2.05, 4.69) is 5.73 Å². The normalized spacial score (nSPS) is 15.1. The number of thiophene rings is 1. The Hall–Kier alpha value is -0.740. The van der Waals surface area contributed by atoms with Crippen molar-refractivity contribution in [1.82, 2.24) is 0 Å². The number of ether oxygens (including phenoxy) is 2. The largest absolute Gasteiger partial charge is 0.485 e. The van der Waals surface area contributed by atoms with Crippen LogP contribution in [0.3, 0.4) is 0 Å². The first kappa shape index (κ1) is 6.94. The van der Waals surface area contributed by atoms with E-state index in [9.17, 15) is 0 Å². The molecular formula is C7H10NO2S+. The highest BCUT2D eigenvalue weighted by Crippen LogP contribution is 2.44. The zero-order valence-corrected chi connectivity index (χ0v) is 7.16. The number of hydrogen-bond donors (Lipinski definition) is 1. The van der Waals surface area contributed by atoms with Crippen LogP contribution in [-0.2, 0) is 0 Å². The number of fused-ring (bicyclic) bond motifs is 1. The van der Waals surface area contributed by atoms with Crippen molar-refractivity contribution in [2.45, 2.75) is 6.92 Å². The van der Waals surface area contributed by atoms with E-state index in [-0.39, 0.29) is 0 Å². The van der Waals surface area contributed by atoms with Gasteiger partial charge in [0.15, 0.2) is 5.75 Å². The van der Waals surface area contributed by atoms with E-state index in [0.717, 1.165) is 21.4 Å². The Balaban J connectivity index is 2.52. The summed E-state index contributed by atoms with van der Waals surface area (Å²) in [4.78, 5) is 1.16. The van der Waals surface area contributed by atoms with Crippen LogP contribution < -0.4 is 15.2 Å². The van der Waals surface area contributed by atoms with Gasteiger partial charge in [-0.15, -0.1) is 0 Å². The van der Waals surface area contributed by atoms with Gasteiger partial charge in [0.2, 0.25) is 10.8 Å². The van der Waals surface area contributed by atoms with E-state index in [1.807, 2.05) is 6.92 Å². The number of rotatable bonds is 0. The molecule has 0 spiro atoms. The van der Waals surface area contributed by atoms with Crippen LogP contribution in [-0.4, -0.2) is 13.2 Å². The molecule has 0 saturated carbocycles. The lowest BCUT2D eigenvalue weighted by molar-refractivity contribution is -0.251. The van der Waals surface area contributed by atoms with Crippen molar-refractivity contribution in [1.29, 1.82) is 0 Å². The van der Waals surface area contributed by atoms with Gasteiger partial charge in [-0.2, -0.15) is 0 Å². The summed E-state index contributed by atoms with van der Waals surface area (Å²) >= 11 is 1.62. The maximum absolute atomic E-state index is 5.42. The first-order valence-corrected chi connectivity index (χ1v) is 4.31. The third-order valence-corrected chi connectivity index (χ3v) is 2.56. The molecule has 0 unspecified atom stereocenters. The molecule has 0 aromatic carbocycles. The summed E-state index contributed by atoms with van der Waals surface area (Å²) in [6, 6.07) is 0. The minimum absolute atomic E-state index is 0.645. The summed E-state index contributed by atoms with van der Waals surface area (Å²) < 4.78 is 10.8. The second-order valence-corrected chi connectivity index (χ2v) is 3.75. The molecule has 0 bridgehead atoms. The quantitative estimate of drug-likeness (QED) is 0.626. The minimum Gasteiger partial charge on any atom is -0.485 e. The van der Waals surface area contributed by atoms with E-state index < -0.39 is 0 Å². The maximum atomic E-state index is 5.42. The van der Waals surface area contributed by atoms with Gasteiger partial charge in [0.1, 0.15) is 13.2 Å². The lowest BCUT2D eigenvalue weighted by atomic mass is 10.4. The molecule has 0 radical (unpaired) electrons. The average Bonchev–Trinajstić information content (AvgIpc) is 2.30. The van der Waals surface area contributed by atoms with Crippen molar-refractivity contribution in [3.05, 3.63) is 4.88 Å². The molecule has 0 amide bonds. The van der Waals surface area contributed by atoms with Gasteiger partial charge >= 0.3 is 0 Å². The van der Waals surface area contributed by atoms with Crippen LogP contribution in [0.5, 0.6) is 11.5 Å². The molecule has 60 valence electrons. The zero-order valence-electron chi connectivity index (χ0n) is 6.35. The predicted molar refractivity (Wildman–Crippen MR) is 42.6 cm³/mol. The molecule has 0 fully saturated rings. The van der Waals surface area contributed by atoms with Crippen LogP contribution >= 0.6 is 11.3 Å². The highest BCUT2D eigenvalue weighted by atomic mass is 32.1. The Bertz CT molecular complexity index is 256. The number of aryl methyl sites for hydroxylation is 1. The van der Waals surface area contributed by atoms with Gasteiger partial charge in [-0.05, 0) is 6.92 Å². The van der Waals surface area contributed by atoms with Crippen molar-refractivity contribution in [3.8, 4) is 11.5 Å². The molecular weight excluding hydrogens is 162 g/mol. The molecule has 0 saturated heterocycles. The molecule has 1 aromatic rings. The second-order valence-electron chi connectivity index (χ2n) is 2.44. The van der Waals surface area contributed by atoms with Crippen molar-refractivity contribution in [3.63, 3.8) is 0 Å². The Morgan fingerprint density at radius 3 is 2.55 bits per heavy atom. The van der Waals surface area contributed by atoms with Crippen molar-refractivity contribution in [2.24, 2.45) is 0 Å². The van der Waals surface area contributed by atoms with Crippen molar-refractivity contribution < 1.29 is 15.2 Å². The third-order valence-electron chi connectivity index (χ3n) is 1.63. The summed E-state index contributed by atoms with van der Waals surface area (Å²) in [5.74, 6) is 1.74. The standard InChI is InChI=1S/C7H9NO2S/c1-4-5-6(7(8)11-4)10-3-2-9-5/h2-3,8H2,1H3/p+1. The van der Waals surface area contributed by atoms with Crippen LogP contribution in [0.15, 0.2) is 0 Å². The summed E-state index contributed by atoms with van der Waals surface area (Å²) in [6.07, 6.45) is 0. The first-order valence-electron chi connectivity index (χ1n) is 3.50. The van der Waals surface area contributed by atoms with Crippen LogP contribution in [0.1, 0.15) is 4.88 Å². The van der Waals surface area contributed by atoms with Crippen molar-refractivity contribution >= 4 is 16.3 Å². The topological polar surface area (TPSA) is 46.1 Å². The Kier molecular flexibility index (Phi) is 1.51. The van der Waals surface area contributed by atoms with Crippen LogP contribution in [0, 0.1) is 6.92 Å². The molecule has 2 heterocycles. The van der Waals surface area contributed by atoms with Crippen LogP contribution in [0.25, 0.3) is 0 Å². The van der Waals surface area contributed by atoms with Crippen LogP contribution in [0.4, 0.5) is 5.00 Å². The highest BCUT2D eigenvalue weighted by Gasteiger charge is 2.22. The first-order chi connectivity index (χ1) is 5.29. The van der Waals surface area contributed by atoms with Gasteiger partial charge in [0, 0.05) is 0 Å². The van der Waals surface area contributed by atoms with Gasteiger partial charge in [-0.1, -0.05) is 11.3 Å². The Morgan fingerprint density at radius 1 is 1.27 bits per heavy atom. The number of hydrogen-bond acceptors (Lipinski definition) is 3. The monoisotopic (exact) mass is 172 g/mol. The molecule has 2 rings (SSSR count). The number of quaternary nitrogens is 1. The fourth-order valence-corrected chi connectivity index (χ4v) is 2.02. The van der Waals surface area contributed by atoms with E-state index >= 15 is 0 Å². The van der Waals surface area contributed by atoms with E-state index in [4.69, 9.17) is 9.47 Å². The summed E-state index contributed by atoms with van der Waals surface area (Å²) in [5.41, 5.74) is 3.87. The van der Waals surface area contributed by atoms with E-state index in [0.29, 0.717) is 13.2 Å². The summed E-state index contributed by atoms with van der Waals surface area (Å²) in [6.45, 7) is 3.32. The van der Waals surface area contributed by atoms with E-state index in [1.54, 1.807) is 11.3 Å². The Morgan fingerprint density at radius 2 is 1.91 bits per heavy atom. The maximum Gasteiger partial charge on any atom is 0.235 e. The molecule has 0 atom stereocenters. The second kappa shape index (κ2) is 2.39. The molecule has 4 heteroatoms. The predicted octanol–water partition coefficient (Wildman–Crippen LogP) is 0.701. The fraction of sp³-hybridized carbons (Fsp3) is 0.429. The van der Waals surface area contributed by atoms with Gasteiger partial charge in [0.05, 0.1) is 4.88 Å². The van der Waals surface area contributed by atoms with Crippen molar-refractivity contribution in [2.75, 3.05) is 13.2 Å². The molecule has 3 nitrogen and oxygen atoms in total.